The molecule has 1 heterocycles. The lowest BCUT2D eigenvalue weighted by Gasteiger charge is -2.08. The molecular formula is C11H7BrClN3. The lowest BCUT2D eigenvalue weighted by atomic mass is 10.1. The Morgan fingerprint density at radius 3 is 2.88 bits per heavy atom. The number of hydrogen-bond donors (Lipinski definition) is 1. The summed E-state index contributed by atoms with van der Waals surface area (Å²) in [6.07, 6.45) is 1.55. The Balaban J connectivity index is 2.93. The lowest BCUT2D eigenvalue weighted by molar-refractivity contribution is 1.35. The summed E-state index contributed by atoms with van der Waals surface area (Å²) in [7, 11) is 1.77. The summed E-state index contributed by atoms with van der Waals surface area (Å²) in [4.78, 5) is 4.23. The Bertz CT molecular complexity index is 604. The summed E-state index contributed by atoms with van der Waals surface area (Å²) >= 11 is 9.38. The molecule has 5 heteroatoms. The minimum absolute atomic E-state index is 0.504. The summed E-state index contributed by atoms with van der Waals surface area (Å²) in [5.41, 5.74) is 2.03. The maximum absolute atomic E-state index is 8.97. The fraction of sp³-hybridized carbons (Fsp3) is 0.0909. The smallest absolute Gasteiger partial charge is 0.103 e. The fourth-order valence-corrected chi connectivity index (χ4v) is 2.49. The van der Waals surface area contributed by atoms with Crippen molar-refractivity contribution < 1.29 is 0 Å². The SMILES string of the molecule is CNc1c(C#N)cnc2c(Br)cc(Cl)cc12. The topological polar surface area (TPSA) is 48.7 Å². The Morgan fingerprint density at radius 2 is 2.25 bits per heavy atom. The third-order valence-corrected chi connectivity index (χ3v) is 3.08. The number of aromatic nitrogens is 1. The van der Waals surface area contributed by atoms with Gasteiger partial charge in [-0.2, -0.15) is 5.26 Å². The Hall–Kier alpha value is -1.31. The summed E-state index contributed by atoms with van der Waals surface area (Å²) in [5.74, 6) is 0. The van der Waals surface area contributed by atoms with Crippen molar-refractivity contribution in [1.29, 1.82) is 5.26 Å². The van der Waals surface area contributed by atoms with E-state index in [0.29, 0.717) is 10.6 Å². The predicted octanol–water partition coefficient (Wildman–Crippen LogP) is 3.56. The Kier molecular flexibility index (Phi) is 2.99. The zero-order chi connectivity index (χ0) is 11.7. The van der Waals surface area contributed by atoms with Crippen LogP contribution < -0.4 is 5.32 Å². The first-order valence-electron chi connectivity index (χ1n) is 4.53. The zero-order valence-corrected chi connectivity index (χ0v) is 10.7. The van der Waals surface area contributed by atoms with Gasteiger partial charge in [0.2, 0.25) is 0 Å². The quantitative estimate of drug-likeness (QED) is 0.875. The van der Waals surface area contributed by atoms with Crippen LogP contribution in [-0.4, -0.2) is 12.0 Å². The Labute approximate surface area is 106 Å². The van der Waals surface area contributed by atoms with E-state index in [0.717, 1.165) is 21.1 Å². The molecule has 1 aromatic carbocycles. The number of nitrogens with one attached hydrogen (secondary N) is 1. The van der Waals surface area contributed by atoms with Gasteiger partial charge in [-0.3, -0.25) is 4.98 Å². The molecule has 0 aliphatic rings. The standard InChI is InChI=1S/C11H7BrClN3/c1-15-10-6(4-14)5-16-11-8(10)2-7(13)3-9(11)12/h2-3,5H,1H3,(H,15,16). The summed E-state index contributed by atoms with van der Waals surface area (Å²) in [6.45, 7) is 0. The zero-order valence-electron chi connectivity index (χ0n) is 8.38. The van der Waals surface area contributed by atoms with Crippen molar-refractivity contribution in [2.75, 3.05) is 12.4 Å². The monoisotopic (exact) mass is 295 g/mol. The molecule has 0 saturated carbocycles. The van der Waals surface area contributed by atoms with Crippen LogP contribution in [0, 0.1) is 11.3 Å². The van der Waals surface area contributed by atoms with Gasteiger partial charge in [0.25, 0.3) is 0 Å². The molecule has 0 atom stereocenters. The molecule has 2 aromatic rings. The number of nitriles is 1. The van der Waals surface area contributed by atoms with Crippen LogP contribution in [-0.2, 0) is 0 Å². The maximum atomic E-state index is 8.97. The van der Waals surface area contributed by atoms with Gasteiger partial charge in [0.15, 0.2) is 0 Å². The molecule has 2 rings (SSSR count). The second-order valence-corrected chi connectivity index (χ2v) is 4.48. The summed E-state index contributed by atoms with van der Waals surface area (Å²) in [6, 6.07) is 5.67. The van der Waals surface area contributed by atoms with Crippen LogP contribution in [0.4, 0.5) is 5.69 Å². The molecule has 1 aromatic heterocycles. The molecule has 0 spiro atoms. The molecule has 0 saturated heterocycles. The van der Waals surface area contributed by atoms with Crippen LogP contribution in [0.1, 0.15) is 5.56 Å². The highest BCUT2D eigenvalue weighted by molar-refractivity contribution is 9.10. The summed E-state index contributed by atoms with van der Waals surface area (Å²) < 4.78 is 0.816. The van der Waals surface area contributed by atoms with E-state index in [-0.39, 0.29) is 0 Å². The normalized spacial score (nSPS) is 10.1. The first-order valence-corrected chi connectivity index (χ1v) is 5.70. The third-order valence-electron chi connectivity index (χ3n) is 2.26. The second-order valence-electron chi connectivity index (χ2n) is 3.19. The minimum atomic E-state index is 0.504. The van der Waals surface area contributed by atoms with Crippen molar-refractivity contribution in [1.82, 2.24) is 4.98 Å². The number of fused-ring (bicyclic) bond motifs is 1. The number of rotatable bonds is 1. The number of halogens is 2. The molecule has 1 N–H and O–H groups in total. The maximum Gasteiger partial charge on any atom is 0.103 e. The van der Waals surface area contributed by atoms with Gasteiger partial charge in [0.05, 0.1) is 16.8 Å². The van der Waals surface area contributed by atoms with E-state index in [1.54, 1.807) is 25.4 Å². The number of anilines is 1. The predicted molar refractivity (Wildman–Crippen MR) is 68.7 cm³/mol. The van der Waals surface area contributed by atoms with Crippen molar-refractivity contribution in [3.05, 3.63) is 33.4 Å². The number of benzene rings is 1. The van der Waals surface area contributed by atoms with Gasteiger partial charge < -0.3 is 5.32 Å². The lowest BCUT2D eigenvalue weighted by Crippen LogP contribution is -1.96. The van der Waals surface area contributed by atoms with Crippen LogP contribution in [0.3, 0.4) is 0 Å². The number of hydrogen-bond acceptors (Lipinski definition) is 3. The van der Waals surface area contributed by atoms with Crippen molar-refractivity contribution >= 4 is 44.1 Å². The van der Waals surface area contributed by atoms with Crippen LogP contribution in [0.15, 0.2) is 22.8 Å². The Morgan fingerprint density at radius 1 is 1.50 bits per heavy atom. The highest BCUT2D eigenvalue weighted by Gasteiger charge is 2.10. The molecule has 80 valence electrons. The molecular weight excluding hydrogens is 289 g/mol. The average Bonchev–Trinajstić information content (AvgIpc) is 2.27. The molecule has 0 aliphatic heterocycles. The van der Waals surface area contributed by atoms with Crippen molar-refractivity contribution in [2.45, 2.75) is 0 Å². The van der Waals surface area contributed by atoms with E-state index in [1.807, 2.05) is 0 Å². The number of pyridine rings is 1. The molecule has 3 nitrogen and oxygen atoms in total. The van der Waals surface area contributed by atoms with Gasteiger partial charge in [-0.05, 0) is 28.1 Å². The van der Waals surface area contributed by atoms with Gasteiger partial charge in [0, 0.05) is 28.1 Å². The largest absolute Gasteiger partial charge is 0.386 e. The van der Waals surface area contributed by atoms with Crippen molar-refractivity contribution in [2.24, 2.45) is 0 Å². The molecule has 0 amide bonds. The molecule has 0 bridgehead atoms. The number of nitrogens with zero attached hydrogens (tertiary/aromatic N) is 2. The van der Waals surface area contributed by atoms with E-state index in [4.69, 9.17) is 16.9 Å². The first-order chi connectivity index (χ1) is 7.67. The van der Waals surface area contributed by atoms with Gasteiger partial charge in [-0.1, -0.05) is 11.6 Å². The molecule has 0 fully saturated rings. The van der Waals surface area contributed by atoms with Crippen molar-refractivity contribution in [3.63, 3.8) is 0 Å². The van der Waals surface area contributed by atoms with Crippen molar-refractivity contribution in [3.8, 4) is 6.07 Å². The van der Waals surface area contributed by atoms with Crippen LogP contribution >= 0.6 is 27.5 Å². The van der Waals surface area contributed by atoms with Crippen LogP contribution in [0.5, 0.6) is 0 Å². The summed E-state index contributed by atoms with van der Waals surface area (Å²) in [5, 5.41) is 13.4. The fourth-order valence-electron chi connectivity index (χ4n) is 1.58. The van der Waals surface area contributed by atoms with E-state index in [2.05, 4.69) is 32.3 Å². The minimum Gasteiger partial charge on any atom is -0.386 e. The highest BCUT2D eigenvalue weighted by atomic mass is 79.9. The molecule has 16 heavy (non-hydrogen) atoms. The van der Waals surface area contributed by atoms with E-state index >= 15 is 0 Å². The second kappa shape index (κ2) is 4.28. The van der Waals surface area contributed by atoms with Crippen LogP contribution in [0.2, 0.25) is 5.02 Å². The molecule has 0 aliphatic carbocycles. The van der Waals surface area contributed by atoms with Crippen LogP contribution in [0.25, 0.3) is 10.9 Å². The van der Waals surface area contributed by atoms with E-state index in [1.165, 1.54) is 0 Å². The molecule has 0 unspecified atom stereocenters. The third kappa shape index (κ3) is 1.73. The van der Waals surface area contributed by atoms with Gasteiger partial charge in [0.1, 0.15) is 6.07 Å². The van der Waals surface area contributed by atoms with Gasteiger partial charge in [-0.15, -0.1) is 0 Å². The van der Waals surface area contributed by atoms with E-state index in [9.17, 15) is 0 Å². The molecule has 0 radical (unpaired) electrons. The first kappa shape index (κ1) is 11.2. The van der Waals surface area contributed by atoms with E-state index < -0.39 is 0 Å². The average molecular weight is 297 g/mol. The van der Waals surface area contributed by atoms with Gasteiger partial charge >= 0.3 is 0 Å². The van der Waals surface area contributed by atoms with Gasteiger partial charge in [-0.25, -0.2) is 0 Å². The highest BCUT2D eigenvalue weighted by Crippen LogP contribution is 2.32.